The van der Waals surface area contributed by atoms with Gasteiger partial charge in [0.2, 0.25) is 5.91 Å². The van der Waals surface area contributed by atoms with Gasteiger partial charge in [0.05, 0.1) is 12.1 Å². The van der Waals surface area contributed by atoms with Crippen molar-refractivity contribution in [2.45, 2.75) is 32.2 Å². The lowest BCUT2D eigenvalue weighted by Crippen LogP contribution is -2.47. The van der Waals surface area contributed by atoms with Crippen molar-refractivity contribution in [1.29, 1.82) is 0 Å². The summed E-state index contributed by atoms with van der Waals surface area (Å²) in [7, 11) is 0. The molecule has 4 nitrogen and oxygen atoms in total. The van der Waals surface area contributed by atoms with Gasteiger partial charge in [-0.05, 0) is 19.8 Å². The van der Waals surface area contributed by atoms with Crippen molar-refractivity contribution in [3.05, 3.63) is 0 Å². The highest BCUT2D eigenvalue weighted by atomic mass is 16.5. The molecule has 0 aliphatic carbocycles. The molecule has 1 unspecified atom stereocenters. The van der Waals surface area contributed by atoms with Crippen LogP contribution in [0, 0.1) is 0 Å². The van der Waals surface area contributed by atoms with Gasteiger partial charge in [-0.25, -0.2) is 0 Å². The summed E-state index contributed by atoms with van der Waals surface area (Å²) in [4.78, 5) is 11.4. The molecule has 0 saturated carbocycles. The first-order valence-electron chi connectivity index (χ1n) is 5.13. The van der Waals surface area contributed by atoms with E-state index in [1.54, 1.807) is 0 Å². The molecule has 14 heavy (non-hydrogen) atoms. The van der Waals surface area contributed by atoms with Crippen LogP contribution < -0.4 is 5.32 Å². The monoisotopic (exact) mass is 201 g/mol. The van der Waals surface area contributed by atoms with Gasteiger partial charge in [0.25, 0.3) is 0 Å². The molecular weight excluding hydrogens is 182 g/mol. The number of hydrogen-bond donors (Lipinski definition) is 1. The summed E-state index contributed by atoms with van der Waals surface area (Å²) in [6, 6.07) is 0. The third-order valence-electron chi connectivity index (χ3n) is 2.24. The molecule has 1 aliphatic rings. The Kier molecular flexibility index (Phi) is 4.35. The molecule has 0 radical (unpaired) electrons. The zero-order chi connectivity index (χ0) is 10.4. The lowest BCUT2D eigenvalue weighted by atomic mass is 10.0. The molecule has 1 amide bonds. The molecule has 0 aromatic heterocycles. The van der Waals surface area contributed by atoms with Gasteiger partial charge in [-0.15, -0.1) is 0 Å². The standard InChI is InChI=1S/C10H19NO3/c1-3-5-13-7-9(12)11-10(2)4-6-14-8-10/h3-8H2,1-2H3,(H,11,12). The highest BCUT2D eigenvalue weighted by Gasteiger charge is 2.30. The molecule has 82 valence electrons. The molecular formula is C10H19NO3. The van der Waals surface area contributed by atoms with Gasteiger partial charge in [-0.3, -0.25) is 4.79 Å². The van der Waals surface area contributed by atoms with Gasteiger partial charge in [0.15, 0.2) is 0 Å². The van der Waals surface area contributed by atoms with Gasteiger partial charge in [-0.2, -0.15) is 0 Å². The molecule has 1 rings (SSSR count). The normalized spacial score (nSPS) is 26.4. The molecule has 1 fully saturated rings. The van der Waals surface area contributed by atoms with Crippen LogP contribution >= 0.6 is 0 Å². The minimum atomic E-state index is -0.188. The van der Waals surface area contributed by atoms with E-state index in [4.69, 9.17) is 9.47 Å². The average molecular weight is 201 g/mol. The Balaban J connectivity index is 2.19. The minimum absolute atomic E-state index is 0.0496. The minimum Gasteiger partial charge on any atom is -0.379 e. The van der Waals surface area contributed by atoms with Crippen LogP contribution in [-0.2, 0) is 14.3 Å². The Morgan fingerprint density at radius 2 is 2.43 bits per heavy atom. The number of carbonyl (C=O) groups is 1. The van der Waals surface area contributed by atoms with Crippen LogP contribution in [0.2, 0.25) is 0 Å². The maximum Gasteiger partial charge on any atom is 0.246 e. The van der Waals surface area contributed by atoms with Gasteiger partial charge in [0.1, 0.15) is 6.61 Å². The van der Waals surface area contributed by atoms with E-state index in [9.17, 15) is 4.79 Å². The summed E-state index contributed by atoms with van der Waals surface area (Å²) in [5, 5.41) is 2.93. The number of rotatable bonds is 5. The van der Waals surface area contributed by atoms with Crippen molar-refractivity contribution < 1.29 is 14.3 Å². The predicted octanol–water partition coefficient (Wildman–Crippen LogP) is 0.708. The summed E-state index contributed by atoms with van der Waals surface area (Å²) in [5.74, 6) is -0.0496. The molecule has 1 saturated heterocycles. The number of ether oxygens (including phenoxy) is 2. The summed E-state index contributed by atoms with van der Waals surface area (Å²) in [6.45, 7) is 6.14. The third-order valence-corrected chi connectivity index (χ3v) is 2.24. The average Bonchev–Trinajstić information content (AvgIpc) is 2.52. The zero-order valence-electron chi connectivity index (χ0n) is 8.97. The van der Waals surface area contributed by atoms with Gasteiger partial charge in [-0.1, -0.05) is 6.92 Å². The fourth-order valence-electron chi connectivity index (χ4n) is 1.45. The lowest BCUT2D eigenvalue weighted by molar-refractivity contribution is -0.127. The Labute approximate surface area is 85.0 Å². The molecule has 1 atom stereocenters. The number of amides is 1. The van der Waals surface area contributed by atoms with Crippen molar-refractivity contribution >= 4 is 5.91 Å². The molecule has 0 aromatic carbocycles. The van der Waals surface area contributed by atoms with Gasteiger partial charge >= 0.3 is 0 Å². The van der Waals surface area contributed by atoms with E-state index in [0.717, 1.165) is 19.4 Å². The molecule has 0 aromatic rings. The summed E-state index contributed by atoms with van der Waals surface area (Å²) in [5.41, 5.74) is -0.188. The van der Waals surface area contributed by atoms with E-state index in [2.05, 4.69) is 5.32 Å². The Bertz CT molecular complexity index is 188. The topological polar surface area (TPSA) is 47.6 Å². The second-order valence-corrected chi connectivity index (χ2v) is 3.96. The molecule has 0 spiro atoms. The largest absolute Gasteiger partial charge is 0.379 e. The van der Waals surface area contributed by atoms with Crippen molar-refractivity contribution in [2.24, 2.45) is 0 Å². The van der Waals surface area contributed by atoms with Crippen LogP contribution in [0.3, 0.4) is 0 Å². The number of nitrogens with one attached hydrogen (secondary N) is 1. The third kappa shape index (κ3) is 3.64. The summed E-state index contributed by atoms with van der Waals surface area (Å²) in [6.07, 6.45) is 1.82. The van der Waals surface area contributed by atoms with E-state index in [1.165, 1.54) is 0 Å². The Morgan fingerprint density at radius 3 is 3.00 bits per heavy atom. The van der Waals surface area contributed by atoms with E-state index < -0.39 is 0 Å². The first kappa shape index (κ1) is 11.5. The summed E-state index contributed by atoms with van der Waals surface area (Å²) >= 11 is 0. The van der Waals surface area contributed by atoms with Crippen molar-refractivity contribution in [1.82, 2.24) is 5.32 Å². The second-order valence-electron chi connectivity index (χ2n) is 3.96. The van der Waals surface area contributed by atoms with E-state index in [-0.39, 0.29) is 18.1 Å². The first-order chi connectivity index (χ1) is 6.66. The van der Waals surface area contributed by atoms with Crippen LogP contribution in [0.1, 0.15) is 26.7 Å². The number of carbonyl (C=O) groups excluding carboxylic acids is 1. The molecule has 4 heteroatoms. The smallest absolute Gasteiger partial charge is 0.246 e. The highest BCUT2D eigenvalue weighted by molar-refractivity contribution is 5.78. The Hall–Kier alpha value is -0.610. The fraction of sp³-hybridized carbons (Fsp3) is 0.900. The summed E-state index contributed by atoms with van der Waals surface area (Å²) < 4.78 is 10.4. The SMILES string of the molecule is CCCOCC(=O)NC1(C)CCOC1. The maximum atomic E-state index is 11.4. The molecule has 1 heterocycles. The molecule has 0 bridgehead atoms. The quantitative estimate of drug-likeness (QED) is 0.666. The van der Waals surface area contributed by atoms with Crippen LogP contribution in [-0.4, -0.2) is 37.9 Å². The number of hydrogen-bond acceptors (Lipinski definition) is 3. The fourth-order valence-corrected chi connectivity index (χ4v) is 1.45. The molecule has 1 N–H and O–H groups in total. The van der Waals surface area contributed by atoms with Crippen molar-refractivity contribution in [3.8, 4) is 0 Å². The predicted molar refractivity (Wildman–Crippen MR) is 53.1 cm³/mol. The van der Waals surface area contributed by atoms with Crippen LogP contribution in [0.25, 0.3) is 0 Å². The van der Waals surface area contributed by atoms with E-state index >= 15 is 0 Å². The maximum absolute atomic E-state index is 11.4. The van der Waals surface area contributed by atoms with Crippen molar-refractivity contribution in [3.63, 3.8) is 0 Å². The van der Waals surface area contributed by atoms with E-state index in [0.29, 0.717) is 13.2 Å². The lowest BCUT2D eigenvalue weighted by Gasteiger charge is -2.23. The van der Waals surface area contributed by atoms with Gasteiger partial charge < -0.3 is 14.8 Å². The second kappa shape index (κ2) is 5.32. The Morgan fingerprint density at radius 1 is 1.64 bits per heavy atom. The van der Waals surface area contributed by atoms with E-state index in [1.807, 2.05) is 13.8 Å². The van der Waals surface area contributed by atoms with Crippen molar-refractivity contribution in [2.75, 3.05) is 26.4 Å². The van der Waals surface area contributed by atoms with Gasteiger partial charge in [0, 0.05) is 13.2 Å². The van der Waals surface area contributed by atoms with Crippen LogP contribution in [0.5, 0.6) is 0 Å². The van der Waals surface area contributed by atoms with Crippen LogP contribution in [0.4, 0.5) is 0 Å². The first-order valence-corrected chi connectivity index (χ1v) is 5.13. The molecule has 1 aliphatic heterocycles. The van der Waals surface area contributed by atoms with Crippen LogP contribution in [0.15, 0.2) is 0 Å². The highest BCUT2D eigenvalue weighted by Crippen LogP contribution is 2.16. The zero-order valence-corrected chi connectivity index (χ0v) is 8.97.